The first-order chi connectivity index (χ1) is 9.51. The van der Waals surface area contributed by atoms with E-state index >= 15 is 0 Å². The maximum absolute atomic E-state index is 12.0. The second-order valence-corrected chi connectivity index (χ2v) is 5.05. The summed E-state index contributed by atoms with van der Waals surface area (Å²) < 4.78 is 0. The van der Waals surface area contributed by atoms with Gasteiger partial charge < -0.3 is 4.90 Å². The lowest BCUT2D eigenvalue weighted by atomic mass is 10.1. The number of carbonyl (C=O) groups excluding carboxylic acids is 2. The Balaban J connectivity index is 2.16. The summed E-state index contributed by atoms with van der Waals surface area (Å²) in [5, 5.41) is 8.55. The van der Waals surface area contributed by atoms with Crippen LogP contribution in [0.3, 0.4) is 0 Å². The molecule has 2 rings (SSSR count). The summed E-state index contributed by atoms with van der Waals surface area (Å²) in [6.07, 6.45) is 0.182. The predicted octanol–water partition coefficient (Wildman–Crippen LogP) is 1.39. The third-order valence-corrected chi connectivity index (χ3v) is 3.27. The quantitative estimate of drug-likeness (QED) is 0.779. The van der Waals surface area contributed by atoms with E-state index in [2.05, 4.69) is 6.07 Å². The Morgan fingerprint density at radius 1 is 1.10 bits per heavy atom. The molecule has 20 heavy (non-hydrogen) atoms. The van der Waals surface area contributed by atoms with E-state index in [0.29, 0.717) is 0 Å². The highest BCUT2D eigenvalue weighted by Gasteiger charge is 2.30. The number of nitrogens with zero attached hydrogens (tertiary/aromatic N) is 3. The molecule has 1 aliphatic rings. The number of amides is 2. The topological polar surface area (TPSA) is 64.4 Å². The number of piperazine rings is 1. The standard InChI is InChI=1S/C15H17N3O2/c1-11-6-12(2)8-13(7-11)17-9-14(19)18(5-3-4-16)15(20)10-17/h6-8H,3,5,9-10H2,1-2H3. The summed E-state index contributed by atoms with van der Waals surface area (Å²) in [7, 11) is 0. The van der Waals surface area contributed by atoms with E-state index in [1.807, 2.05) is 32.0 Å². The fourth-order valence-electron chi connectivity index (χ4n) is 2.42. The number of hydrogen-bond donors (Lipinski definition) is 0. The second kappa shape index (κ2) is 5.74. The van der Waals surface area contributed by atoms with Crippen molar-refractivity contribution in [2.45, 2.75) is 20.3 Å². The van der Waals surface area contributed by atoms with Crippen LogP contribution < -0.4 is 4.90 Å². The van der Waals surface area contributed by atoms with Crippen LogP contribution in [0.4, 0.5) is 5.69 Å². The maximum Gasteiger partial charge on any atom is 0.248 e. The van der Waals surface area contributed by atoms with Crippen LogP contribution in [-0.2, 0) is 9.59 Å². The van der Waals surface area contributed by atoms with Gasteiger partial charge in [-0.15, -0.1) is 0 Å². The molecule has 2 amide bonds. The van der Waals surface area contributed by atoms with Gasteiger partial charge in [-0.05, 0) is 37.1 Å². The summed E-state index contributed by atoms with van der Waals surface area (Å²) in [5.41, 5.74) is 3.10. The number of hydrogen-bond acceptors (Lipinski definition) is 4. The van der Waals surface area contributed by atoms with Gasteiger partial charge in [0.2, 0.25) is 11.8 Å². The lowest BCUT2D eigenvalue weighted by Crippen LogP contribution is -2.54. The number of imide groups is 1. The Kier molecular flexibility index (Phi) is 4.04. The fourth-order valence-corrected chi connectivity index (χ4v) is 2.42. The fraction of sp³-hybridized carbons (Fsp3) is 0.400. The molecule has 0 radical (unpaired) electrons. The minimum atomic E-state index is -0.240. The van der Waals surface area contributed by atoms with Gasteiger partial charge in [0, 0.05) is 12.2 Å². The van der Waals surface area contributed by atoms with Crippen molar-refractivity contribution in [1.29, 1.82) is 5.26 Å². The molecular weight excluding hydrogens is 254 g/mol. The van der Waals surface area contributed by atoms with E-state index in [1.165, 1.54) is 4.90 Å². The van der Waals surface area contributed by atoms with Gasteiger partial charge in [0.15, 0.2) is 0 Å². The van der Waals surface area contributed by atoms with Gasteiger partial charge in [-0.25, -0.2) is 0 Å². The van der Waals surface area contributed by atoms with Gasteiger partial charge in [0.25, 0.3) is 0 Å². The lowest BCUT2D eigenvalue weighted by molar-refractivity contribution is -0.145. The normalized spacial score (nSPS) is 15.4. The molecule has 0 atom stereocenters. The van der Waals surface area contributed by atoms with Gasteiger partial charge >= 0.3 is 0 Å². The van der Waals surface area contributed by atoms with Crippen molar-refractivity contribution < 1.29 is 9.59 Å². The molecule has 0 aliphatic carbocycles. The number of benzene rings is 1. The highest BCUT2D eigenvalue weighted by Crippen LogP contribution is 2.21. The Morgan fingerprint density at radius 3 is 2.15 bits per heavy atom. The smallest absolute Gasteiger partial charge is 0.248 e. The van der Waals surface area contributed by atoms with E-state index in [-0.39, 0.29) is 37.9 Å². The molecule has 1 aromatic carbocycles. The summed E-state index contributed by atoms with van der Waals surface area (Å²) >= 11 is 0. The largest absolute Gasteiger partial charge is 0.353 e. The summed E-state index contributed by atoms with van der Waals surface area (Å²) in [4.78, 5) is 27.0. The Morgan fingerprint density at radius 2 is 1.65 bits per heavy atom. The van der Waals surface area contributed by atoms with Gasteiger partial charge in [-0.2, -0.15) is 5.26 Å². The molecule has 0 N–H and O–H groups in total. The van der Waals surface area contributed by atoms with Gasteiger partial charge in [-0.3, -0.25) is 14.5 Å². The zero-order chi connectivity index (χ0) is 14.7. The van der Waals surface area contributed by atoms with Crippen LogP contribution >= 0.6 is 0 Å². The molecule has 1 aromatic rings. The van der Waals surface area contributed by atoms with Gasteiger partial charge in [-0.1, -0.05) is 6.07 Å². The van der Waals surface area contributed by atoms with Crippen LogP contribution in [0, 0.1) is 25.2 Å². The minimum absolute atomic E-state index is 0.181. The third kappa shape index (κ3) is 2.97. The summed E-state index contributed by atoms with van der Waals surface area (Å²) in [6.45, 7) is 4.53. The van der Waals surface area contributed by atoms with Crippen LogP contribution in [-0.4, -0.2) is 36.3 Å². The SMILES string of the molecule is Cc1cc(C)cc(N2CC(=O)N(CCC#N)C(=O)C2)c1. The van der Waals surface area contributed by atoms with E-state index in [4.69, 9.17) is 5.26 Å². The Labute approximate surface area is 118 Å². The molecule has 0 spiro atoms. The molecular formula is C15H17N3O2. The number of nitriles is 1. The monoisotopic (exact) mass is 271 g/mol. The van der Waals surface area contributed by atoms with Crippen LogP contribution in [0.2, 0.25) is 0 Å². The van der Waals surface area contributed by atoms with Gasteiger partial charge in [0.1, 0.15) is 0 Å². The number of carbonyl (C=O) groups is 2. The van der Waals surface area contributed by atoms with Crippen molar-refractivity contribution >= 4 is 17.5 Å². The average Bonchev–Trinajstić information content (AvgIpc) is 2.36. The molecule has 1 fully saturated rings. The Hall–Kier alpha value is -2.35. The van der Waals surface area contributed by atoms with E-state index in [0.717, 1.165) is 16.8 Å². The highest BCUT2D eigenvalue weighted by atomic mass is 16.2. The molecule has 0 aromatic heterocycles. The van der Waals surface area contributed by atoms with E-state index in [1.54, 1.807) is 4.90 Å². The van der Waals surface area contributed by atoms with Crippen molar-refractivity contribution in [2.24, 2.45) is 0 Å². The zero-order valence-corrected chi connectivity index (χ0v) is 11.7. The molecule has 5 heteroatoms. The molecule has 0 unspecified atom stereocenters. The first-order valence-corrected chi connectivity index (χ1v) is 6.54. The lowest BCUT2D eigenvalue weighted by Gasteiger charge is -2.34. The molecule has 0 bridgehead atoms. The van der Waals surface area contributed by atoms with Crippen LogP contribution in [0.25, 0.3) is 0 Å². The number of anilines is 1. The van der Waals surface area contributed by atoms with Crippen LogP contribution in [0.5, 0.6) is 0 Å². The van der Waals surface area contributed by atoms with Crippen LogP contribution in [0.15, 0.2) is 18.2 Å². The number of aryl methyl sites for hydroxylation is 2. The summed E-state index contributed by atoms with van der Waals surface area (Å²) in [5.74, 6) is -0.480. The first kappa shape index (κ1) is 14.1. The molecule has 5 nitrogen and oxygen atoms in total. The van der Waals surface area contributed by atoms with Crippen molar-refractivity contribution in [3.63, 3.8) is 0 Å². The average molecular weight is 271 g/mol. The number of rotatable bonds is 3. The van der Waals surface area contributed by atoms with Crippen molar-refractivity contribution in [3.8, 4) is 6.07 Å². The van der Waals surface area contributed by atoms with E-state index < -0.39 is 0 Å². The summed E-state index contributed by atoms with van der Waals surface area (Å²) in [6, 6.07) is 7.95. The van der Waals surface area contributed by atoms with E-state index in [9.17, 15) is 9.59 Å². The van der Waals surface area contributed by atoms with Gasteiger partial charge in [0.05, 0.1) is 25.6 Å². The molecule has 1 saturated heterocycles. The molecule has 0 saturated carbocycles. The van der Waals surface area contributed by atoms with Crippen LogP contribution in [0.1, 0.15) is 17.5 Å². The third-order valence-electron chi connectivity index (χ3n) is 3.27. The zero-order valence-electron chi connectivity index (χ0n) is 11.7. The molecule has 1 aliphatic heterocycles. The van der Waals surface area contributed by atoms with Crippen molar-refractivity contribution in [1.82, 2.24) is 4.90 Å². The molecule has 104 valence electrons. The minimum Gasteiger partial charge on any atom is -0.353 e. The second-order valence-electron chi connectivity index (χ2n) is 5.05. The maximum atomic E-state index is 12.0. The first-order valence-electron chi connectivity index (χ1n) is 6.54. The molecule has 1 heterocycles. The van der Waals surface area contributed by atoms with Crippen molar-refractivity contribution in [2.75, 3.05) is 24.5 Å². The highest BCUT2D eigenvalue weighted by molar-refractivity contribution is 6.02. The van der Waals surface area contributed by atoms with Crippen molar-refractivity contribution in [3.05, 3.63) is 29.3 Å². The predicted molar refractivity (Wildman–Crippen MR) is 75.1 cm³/mol. The Bertz CT molecular complexity index is 551.